The van der Waals surface area contributed by atoms with Crippen molar-refractivity contribution < 1.29 is 13.5 Å². The molecule has 1 fully saturated rings. The number of sulfonamides is 1. The average molecular weight is 312 g/mol. The Kier molecular flexibility index (Phi) is 5.75. The van der Waals surface area contributed by atoms with Crippen molar-refractivity contribution in [1.29, 1.82) is 0 Å². The van der Waals surface area contributed by atoms with Crippen molar-refractivity contribution in [2.75, 3.05) is 13.2 Å². The maximum Gasteiger partial charge on any atom is 0.218 e. The van der Waals surface area contributed by atoms with Gasteiger partial charge >= 0.3 is 0 Å². The first-order valence-electron chi connectivity index (χ1n) is 7.45. The minimum Gasteiger partial charge on any atom is -0.395 e. The largest absolute Gasteiger partial charge is 0.395 e. The lowest BCUT2D eigenvalue weighted by atomic mass is 10.1. The molecule has 2 rings (SSSR count). The highest BCUT2D eigenvalue weighted by Crippen LogP contribution is 2.22. The van der Waals surface area contributed by atoms with Crippen LogP contribution in [0.3, 0.4) is 0 Å². The summed E-state index contributed by atoms with van der Waals surface area (Å²) in [6.45, 7) is 0.795. The van der Waals surface area contributed by atoms with Gasteiger partial charge in [-0.05, 0) is 24.0 Å². The average Bonchev–Trinajstić information content (AvgIpc) is 2.72. The third kappa shape index (κ3) is 4.26. The van der Waals surface area contributed by atoms with E-state index in [0.29, 0.717) is 13.1 Å². The Hall–Kier alpha value is -0.950. The van der Waals surface area contributed by atoms with E-state index >= 15 is 0 Å². The van der Waals surface area contributed by atoms with Crippen LogP contribution in [0.2, 0.25) is 0 Å². The Morgan fingerprint density at radius 2 is 2.00 bits per heavy atom. The first-order valence-corrected chi connectivity index (χ1v) is 9.06. The zero-order valence-electron chi connectivity index (χ0n) is 12.2. The summed E-state index contributed by atoms with van der Waals surface area (Å²) >= 11 is 0. The zero-order valence-corrected chi connectivity index (χ0v) is 13.1. The lowest BCUT2D eigenvalue weighted by Gasteiger charge is -2.27. The molecule has 6 heteroatoms. The highest BCUT2D eigenvalue weighted by Gasteiger charge is 2.30. The fourth-order valence-electron chi connectivity index (χ4n) is 2.84. The molecule has 118 valence electrons. The summed E-state index contributed by atoms with van der Waals surface area (Å²) in [5.74, 6) is -0.0304. The lowest BCUT2D eigenvalue weighted by molar-refractivity contribution is 0.186. The molecule has 0 saturated carbocycles. The van der Waals surface area contributed by atoms with Gasteiger partial charge in [-0.1, -0.05) is 37.1 Å². The number of aliphatic hydroxyl groups is 1. The number of rotatable bonds is 5. The molecule has 1 aromatic carbocycles. The van der Waals surface area contributed by atoms with E-state index in [4.69, 9.17) is 5.73 Å². The van der Waals surface area contributed by atoms with Crippen molar-refractivity contribution >= 4 is 10.0 Å². The summed E-state index contributed by atoms with van der Waals surface area (Å²) < 4.78 is 26.8. The molecule has 1 heterocycles. The van der Waals surface area contributed by atoms with Gasteiger partial charge in [-0.3, -0.25) is 0 Å². The Morgan fingerprint density at radius 1 is 1.24 bits per heavy atom. The zero-order chi connectivity index (χ0) is 15.3. The predicted octanol–water partition coefficient (Wildman–Crippen LogP) is 1.21. The molecule has 1 saturated heterocycles. The van der Waals surface area contributed by atoms with Gasteiger partial charge in [-0.25, -0.2) is 8.42 Å². The van der Waals surface area contributed by atoms with Crippen molar-refractivity contribution in [2.45, 2.75) is 44.0 Å². The van der Waals surface area contributed by atoms with Crippen molar-refractivity contribution in [3.8, 4) is 0 Å². The van der Waals surface area contributed by atoms with Crippen LogP contribution >= 0.6 is 0 Å². The molecule has 0 bridgehead atoms. The fraction of sp³-hybridized carbons (Fsp3) is 0.600. The normalized spacial score (nSPS) is 21.1. The SMILES string of the molecule is NCc1cccc(CS(=O)(=O)N2CCCCCC2CO)c1. The van der Waals surface area contributed by atoms with Crippen LogP contribution in [0.4, 0.5) is 0 Å². The van der Waals surface area contributed by atoms with Gasteiger partial charge in [0.25, 0.3) is 0 Å². The molecule has 1 aliphatic rings. The maximum atomic E-state index is 12.7. The van der Waals surface area contributed by atoms with E-state index in [9.17, 15) is 13.5 Å². The van der Waals surface area contributed by atoms with Crippen LogP contribution in [0.25, 0.3) is 0 Å². The number of nitrogens with two attached hydrogens (primary N) is 1. The predicted molar refractivity (Wildman–Crippen MR) is 83.0 cm³/mol. The molecule has 0 aliphatic carbocycles. The van der Waals surface area contributed by atoms with E-state index in [2.05, 4.69) is 0 Å². The number of aliphatic hydroxyl groups excluding tert-OH is 1. The molecular weight excluding hydrogens is 288 g/mol. The second-order valence-corrected chi connectivity index (χ2v) is 7.50. The standard InChI is InChI=1S/C15H24N2O3S/c16-10-13-5-4-6-14(9-13)12-21(19,20)17-8-3-1-2-7-15(17)11-18/h4-6,9,15,18H,1-3,7-8,10-12,16H2. The van der Waals surface area contributed by atoms with Gasteiger partial charge in [0.05, 0.1) is 12.4 Å². The van der Waals surface area contributed by atoms with Crippen molar-refractivity contribution in [2.24, 2.45) is 5.73 Å². The van der Waals surface area contributed by atoms with Crippen LogP contribution in [0.1, 0.15) is 36.8 Å². The third-order valence-corrected chi connectivity index (χ3v) is 5.86. The van der Waals surface area contributed by atoms with Gasteiger partial charge in [0.2, 0.25) is 10.0 Å². The van der Waals surface area contributed by atoms with Crippen molar-refractivity contribution in [3.63, 3.8) is 0 Å². The number of hydrogen-bond donors (Lipinski definition) is 2. The lowest BCUT2D eigenvalue weighted by Crippen LogP contribution is -2.42. The molecule has 1 aliphatic heterocycles. The van der Waals surface area contributed by atoms with Gasteiger partial charge in [0, 0.05) is 19.1 Å². The molecule has 1 aromatic rings. The van der Waals surface area contributed by atoms with Gasteiger partial charge in [-0.2, -0.15) is 4.31 Å². The molecule has 0 aromatic heterocycles. The first kappa shape index (κ1) is 16.4. The quantitative estimate of drug-likeness (QED) is 0.856. The fourth-order valence-corrected chi connectivity index (χ4v) is 4.64. The van der Waals surface area contributed by atoms with Crippen LogP contribution in [-0.2, 0) is 22.3 Å². The van der Waals surface area contributed by atoms with Crippen LogP contribution in [0, 0.1) is 0 Å². The van der Waals surface area contributed by atoms with E-state index in [1.807, 2.05) is 24.3 Å². The van der Waals surface area contributed by atoms with Crippen molar-refractivity contribution in [1.82, 2.24) is 4.31 Å². The number of nitrogens with zero attached hydrogens (tertiary/aromatic N) is 1. The van der Waals surface area contributed by atoms with Gasteiger partial charge < -0.3 is 10.8 Å². The third-order valence-electron chi connectivity index (χ3n) is 3.97. The minimum atomic E-state index is -3.41. The summed E-state index contributed by atoms with van der Waals surface area (Å²) in [4.78, 5) is 0. The second-order valence-electron chi connectivity index (χ2n) is 5.58. The Labute approximate surface area is 126 Å². The molecule has 1 unspecified atom stereocenters. The van der Waals surface area contributed by atoms with E-state index in [-0.39, 0.29) is 18.4 Å². The van der Waals surface area contributed by atoms with Gasteiger partial charge in [0.15, 0.2) is 0 Å². The molecule has 3 N–H and O–H groups in total. The Balaban J connectivity index is 2.19. The smallest absolute Gasteiger partial charge is 0.218 e. The van der Waals surface area contributed by atoms with Crippen LogP contribution in [0.15, 0.2) is 24.3 Å². The summed E-state index contributed by atoms with van der Waals surface area (Å²) in [7, 11) is -3.41. The highest BCUT2D eigenvalue weighted by molar-refractivity contribution is 7.88. The summed E-state index contributed by atoms with van der Waals surface area (Å²) in [5.41, 5.74) is 7.27. The van der Waals surface area contributed by atoms with Crippen LogP contribution < -0.4 is 5.73 Å². The molecule has 1 atom stereocenters. The van der Waals surface area contributed by atoms with E-state index in [1.165, 1.54) is 4.31 Å². The maximum absolute atomic E-state index is 12.7. The molecular formula is C15H24N2O3S. The number of benzene rings is 1. The first-order chi connectivity index (χ1) is 10.1. The van der Waals surface area contributed by atoms with Gasteiger partial charge in [0.1, 0.15) is 0 Å². The molecule has 0 amide bonds. The summed E-state index contributed by atoms with van der Waals surface area (Å²) in [5, 5.41) is 9.48. The minimum absolute atomic E-state index is 0.0304. The second kappa shape index (κ2) is 7.35. The van der Waals surface area contributed by atoms with Crippen LogP contribution in [0.5, 0.6) is 0 Å². The summed E-state index contributed by atoms with van der Waals surface area (Å²) in [6, 6.07) is 7.08. The topological polar surface area (TPSA) is 83.6 Å². The van der Waals surface area contributed by atoms with E-state index in [0.717, 1.165) is 36.8 Å². The Bertz CT molecular complexity index is 560. The van der Waals surface area contributed by atoms with E-state index < -0.39 is 10.0 Å². The number of hydrogen-bond acceptors (Lipinski definition) is 4. The monoisotopic (exact) mass is 312 g/mol. The van der Waals surface area contributed by atoms with Gasteiger partial charge in [-0.15, -0.1) is 0 Å². The molecule has 0 radical (unpaired) electrons. The molecule has 5 nitrogen and oxygen atoms in total. The molecule has 21 heavy (non-hydrogen) atoms. The van der Waals surface area contributed by atoms with E-state index in [1.54, 1.807) is 0 Å². The highest BCUT2D eigenvalue weighted by atomic mass is 32.2. The Morgan fingerprint density at radius 3 is 2.71 bits per heavy atom. The molecule has 0 spiro atoms. The van der Waals surface area contributed by atoms with Crippen molar-refractivity contribution in [3.05, 3.63) is 35.4 Å². The van der Waals surface area contributed by atoms with Crippen LogP contribution in [-0.4, -0.2) is 37.0 Å². The summed E-state index contributed by atoms with van der Waals surface area (Å²) in [6.07, 6.45) is 3.59.